The standard InChI is InChI=1S/C29H36BrClN4O2/c1-2-18-13-22-4-3-21-15-23(31)16-24(30)26(21)27(28(22)33-17-18)20-7-11-34(12-8-20)25(36)14-19-5-9-35(10-6-19)29(32)37/h13,15-17,19-20,27H,2-12,14H2,1H3,(H2,32,37)/t27-/m1/s1. The fourth-order valence-corrected chi connectivity index (χ4v) is 7.64. The molecule has 2 N–H and O–H groups in total. The van der Waals surface area contributed by atoms with Gasteiger partial charge in [-0.05, 0) is 91.2 Å². The molecule has 1 atom stereocenters. The fourth-order valence-electron chi connectivity index (χ4n) is 6.52. The van der Waals surface area contributed by atoms with Crippen molar-refractivity contribution < 1.29 is 9.59 Å². The highest BCUT2D eigenvalue weighted by Gasteiger charge is 2.36. The lowest BCUT2D eigenvalue weighted by Gasteiger charge is -2.38. The van der Waals surface area contributed by atoms with E-state index in [1.54, 1.807) is 4.90 Å². The van der Waals surface area contributed by atoms with E-state index in [0.29, 0.717) is 31.3 Å². The van der Waals surface area contributed by atoms with E-state index in [2.05, 4.69) is 39.9 Å². The van der Waals surface area contributed by atoms with Crippen molar-refractivity contribution in [3.05, 3.63) is 61.8 Å². The van der Waals surface area contributed by atoms with Crippen molar-refractivity contribution in [2.24, 2.45) is 17.6 Å². The van der Waals surface area contributed by atoms with E-state index in [0.717, 1.165) is 67.5 Å². The first-order chi connectivity index (χ1) is 17.8. The molecule has 0 unspecified atom stereocenters. The van der Waals surface area contributed by atoms with E-state index >= 15 is 0 Å². The van der Waals surface area contributed by atoms with Gasteiger partial charge < -0.3 is 15.5 Å². The van der Waals surface area contributed by atoms with E-state index in [-0.39, 0.29) is 17.9 Å². The molecule has 8 heteroatoms. The maximum Gasteiger partial charge on any atom is 0.314 e. The highest BCUT2D eigenvalue weighted by Crippen LogP contribution is 2.46. The maximum absolute atomic E-state index is 13.2. The molecule has 2 aromatic rings. The number of piperidine rings is 2. The number of aromatic nitrogens is 1. The Kier molecular flexibility index (Phi) is 8.10. The predicted molar refractivity (Wildman–Crippen MR) is 150 cm³/mol. The summed E-state index contributed by atoms with van der Waals surface area (Å²) in [5.74, 6) is 1.19. The van der Waals surface area contributed by atoms with Gasteiger partial charge in [0.05, 0.1) is 5.69 Å². The quantitative estimate of drug-likeness (QED) is 0.498. The van der Waals surface area contributed by atoms with Crippen molar-refractivity contribution in [1.82, 2.24) is 14.8 Å². The summed E-state index contributed by atoms with van der Waals surface area (Å²) >= 11 is 10.3. The van der Waals surface area contributed by atoms with Crippen LogP contribution in [0.15, 0.2) is 28.9 Å². The van der Waals surface area contributed by atoms with E-state index in [4.69, 9.17) is 22.3 Å². The van der Waals surface area contributed by atoms with Crippen LogP contribution < -0.4 is 5.73 Å². The van der Waals surface area contributed by atoms with Crippen molar-refractivity contribution in [3.8, 4) is 0 Å². The minimum absolute atomic E-state index is 0.195. The first kappa shape index (κ1) is 26.5. The SMILES string of the molecule is CCc1cnc2c(c1)CCc1cc(Cl)cc(Br)c1[C@H]2C1CCN(C(=O)CC2CCN(C(N)=O)CC2)CC1. The average Bonchev–Trinajstić information content (AvgIpc) is 3.05. The van der Waals surface area contributed by atoms with Gasteiger partial charge in [0.25, 0.3) is 0 Å². The lowest BCUT2D eigenvalue weighted by molar-refractivity contribution is -0.134. The minimum Gasteiger partial charge on any atom is -0.351 e. The number of nitrogens with zero attached hydrogens (tertiary/aromatic N) is 3. The van der Waals surface area contributed by atoms with Gasteiger partial charge in [0, 0.05) is 54.2 Å². The number of amides is 3. The second-order valence-electron chi connectivity index (χ2n) is 10.9. The average molecular weight is 588 g/mol. The van der Waals surface area contributed by atoms with E-state index in [9.17, 15) is 9.59 Å². The molecule has 2 saturated heterocycles. The van der Waals surface area contributed by atoms with Gasteiger partial charge in [-0.1, -0.05) is 40.5 Å². The maximum atomic E-state index is 13.2. The molecule has 37 heavy (non-hydrogen) atoms. The Morgan fingerprint density at radius 2 is 1.70 bits per heavy atom. The van der Waals surface area contributed by atoms with Gasteiger partial charge in [-0.15, -0.1) is 0 Å². The second kappa shape index (κ2) is 11.3. The highest BCUT2D eigenvalue weighted by atomic mass is 79.9. The van der Waals surface area contributed by atoms with Gasteiger partial charge in [0.1, 0.15) is 0 Å². The molecule has 2 fully saturated rings. The zero-order valence-corrected chi connectivity index (χ0v) is 23.9. The molecular weight excluding hydrogens is 552 g/mol. The summed E-state index contributed by atoms with van der Waals surface area (Å²) in [6, 6.07) is 6.13. The lowest BCUT2D eigenvalue weighted by Crippen LogP contribution is -2.44. The third kappa shape index (κ3) is 5.68. The molecule has 0 saturated carbocycles. The number of nitrogens with two attached hydrogens (primary N) is 1. The number of benzene rings is 1. The normalized spacial score (nSPS) is 20.8. The Hall–Kier alpha value is -2.12. The fraction of sp³-hybridized carbons (Fsp3) is 0.552. The third-order valence-corrected chi connectivity index (χ3v) is 9.54. The van der Waals surface area contributed by atoms with E-state index in [1.165, 1.54) is 27.9 Å². The number of rotatable bonds is 4. The summed E-state index contributed by atoms with van der Waals surface area (Å²) < 4.78 is 1.06. The zero-order chi connectivity index (χ0) is 26.1. The molecule has 3 aliphatic rings. The summed E-state index contributed by atoms with van der Waals surface area (Å²) in [6.45, 7) is 5.05. The van der Waals surface area contributed by atoms with Gasteiger partial charge in [0.15, 0.2) is 0 Å². The Morgan fingerprint density at radius 3 is 2.38 bits per heavy atom. The van der Waals surface area contributed by atoms with Crippen LogP contribution in [0.5, 0.6) is 0 Å². The van der Waals surface area contributed by atoms with Crippen LogP contribution in [0.2, 0.25) is 5.02 Å². The van der Waals surface area contributed by atoms with Crippen LogP contribution in [0, 0.1) is 11.8 Å². The summed E-state index contributed by atoms with van der Waals surface area (Å²) in [7, 11) is 0. The van der Waals surface area contributed by atoms with E-state index < -0.39 is 0 Å². The lowest BCUT2D eigenvalue weighted by atomic mass is 9.76. The Labute approximate surface area is 233 Å². The number of fused-ring (bicyclic) bond motifs is 2. The van der Waals surface area contributed by atoms with E-state index in [1.807, 2.05) is 12.3 Å². The number of primary amides is 1. The molecule has 3 heterocycles. The van der Waals surface area contributed by atoms with Crippen LogP contribution in [-0.2, 0) is 24.1 Å². The second-order valence-corrected chi connectivity index (χ2v) is 12.2. The van der Waals surface area contributed by atoms with Crippen molar-refractivity contribution in [2.75, 3.05) is 26.2 Å². The monoisotopic (exact) mass is 586 g/mol. The minimum atomic E-state index is -0.358. The molecule has 0 radical (unpaired) electrons. The Bertz CT molecular complexity index is 1170. The summed E-state index contributed by atoms with van der Waals surface area (Å²) in [5.41, 5.74) is 11.9. The summed E-state index contributed by atoms with van der Waals surface area (Å²) in [5, 5.41) is 0.764. The molecule has 6 nitrogen and oxygen atoms in total. The predicted octanol–water partition coefficient (Wildman–Crippen LogP) is 5.71. The van der Waals surface area contributed by atoms with Crippen LogP contribution in [0.4, 0.5) is 4.79 Å². The van der Waals surface area contributed by atoms with Crippen LogP contribution in [0.25, 0.3) is 0 Å². The molecule has 2 aliphatic heterocycles. The van der Waals surface area contributed by atoms with Gasteiger partial charge in [-0.3, -0.25) is 9.78 Å². The molecule has 3 amide bonds. The number of carbonyl (C=O) groups is 2. The highest BCUT2D eigenvalue weighted by molar-refractivity contribution is 9.10. The largest absolute Gasteiger partial charge is 0.351 e. The van der Waals surface area contributed by atoms with Crippen LogP contribution in [-0.4, -0.2) is 52.9 Å². The number of likely N-dealkylation sites (tertiary alicyclic amines) is 2. The number of urea groups is 1. The topological polar surface area (TPSA) is 79.5 Å². The van der Waals surface area contributed by atoms with Crippen molar-refractivity contribution in [2.45, 2.75) is 64.2 Å². The Balaban J connectivity index is 1.32. The zero-order valence-electron chi connectivity index (χ0n) is 21.5. The molecule has 1 aromatic carbocycles. The van der Waals surface area contributed by atoms with Crippen molar-refractivity contribution in [1.29, 1.82) is 0 Å². The molecule has 5 rings (SSSR count). The van der Waals surface area contributed by atoms with Gasteiger partial charge in [0.2, 0.25) is 5.91 Å². The van der Waals surface area contributed by atoms with Crippen LogP contribution in [0.1, 0.15) is 72.9 Å². The Morgan fingerprint density at radius 1 is 1.03 bits per heavy atom. The molecule has 198 valence electrons. The first-order valence-electron chi connectivity index (χ1n) is 13.6. The molecular formula is C29H36BrClN4O2. The number of halogens is 2. The summed E-state index contributed by atoms with van der Waals surface area (Å²) in [4.78, 5) is 33.3. The van der Waals surface area contributed by atoms with Gasteiger partial charge >= 0.3 is 6.03 Å². The molecule has 0 spiro atoms. The van der Waals surface area contributed by atoms with Crippen LogP contribution >= 0.6 is 27.5 Å². The first-order valence-corrected chi connectivity index (χ1v) is 14.8. The third-order valence-electron chi connectivity index (χ3n) is 8.67. The smallest absolute Gasteiger partial charge is 0.314 e. The number of hydrogen-bond acceptors (Lipinski definition) is 3. The molecule has 0 bridgehead atoms. The van der Waals surface area contributed by atoms with Gasteiger partial charge in [-0.2, -0.15) is 0 Å². The van der Waals surface area contributed by atoms with Crippen LogP contribution in [0.3, 0.4) is 0 Å². The number of pyridine rings is 1. The summed E-state index contributed by atoms with van der Waals surface area (Å²) in [6.07, 6.45) is 9.14. The number of hydrogen-bond donors (Lipinski definition) is 1. The number of carbonyl (C=O) groups excluding carboxylic acids is 2. The molecule has 1 aliphatic carbocycles. The van der Waals surface area contributed by atoms with Crippen molar-refractivity contribution >= 4 is 39.5 Å². The molecule has 1 aromatic heterocycles. The van der Waals surface area contributed by atoms with Crippen molar-refractivity contribution in [3.63, 3.8) is 0 Å². The number of aryl methyl sites for hydroxylation is 3. The van der Waals surface area contributed by atoms with Gasteiger partial charge in [-0.25, -0.2) is 4.79 Å².